The molecule has 0 radical (unpaired) electrons. The number of fused-ring (bicyclic) bond motifs is 1. The van der Waals surface area contributed by atoms with E-state index < -0.39 is 0 Å². The smallest absolute Gasteiger partial charge is 0.272 e. The van der Waals surface area contributed by atoms with Crippen molar-refractivity contribution in [2.75, 3.05) is 13.1 Å². The van der Waals surface area contributed by atoms with Crippen molar-refractivity contribution >= 4 is 5.65 Å². The van der Waals surface area contributed by atoms with E-state index >= 15 is 0 Å². The fraction of sp³-hybridized carbons (Fsp3) is 0.455. The molecule has 5 nitrogen and oxygen atoms in total. The minimum Gasteiger partial charge on any atom is -0.316 e. The maximum Gasteiger partial charge on any atom is 0.272 e. The molecule has 0 aliphatic carbocycles. The van der Waals surface area contributed by atoms with E-state index in [-0.39, 0.29) is 5.56 Å². The second-order valence-electron chi connectivity index (χ2n) is 4.22. The van der Waals surface area contributed by atoms with Gasteiger partial charge in [0.2, 0.25) is 0 Å². The van der Waals surface area contributed by atoms with E-state index in [0.29, 0.717) is 11.6 Å². The maximum atomic E-state index is 11.8. The van der Waals surface area contributed by atoms with E-state index in [1.54, 1.807) is 12.3 Å². The van der Waals surface area contributed by atoms with Gasteiger partial charge in [0, 0.05) is 30.8 Å². The Labute approximate surface area is 92.5 Å². The first kappa shape index (κ1) is 9.59. The summed E-state index contributed by atoms with van der Waals surface area (Å²) in [5.41, 5.74) is 1.58. The molecule has 0 bridgehead atoms. The zero-order valence-corrected chi connectivity index (χ0v) is 8.94. The van der Waals surface area contributed by atoms with E-state index in [9.17, 15) is 4.79 Å². The van der Waals surface area contributed by atoms with Gasteiger partial charge < -0.3 is 5.32 Å². The summed E-state index contributed by atoms with van der Waals surface area (Å²) >= 11 is 0. The molecule has 2 N–H and O–H groups in total. The van der Waals surface area contributed by atoms with Crippen molar-refractivity contribution < 1.29 is 0 Å². The van der Waals surface area contributed by atoms with Gasteiger partial charge >= 0.3 is 0 Å². The normalized spacial score (nSPS) is 21.4. The Morgan fingerprint density at radius 1 is 1.50 bits per heavy atom. The topological polar surface area (TPSA) is 62.2 Å². The van der Waals surface area contributed by atoms with Crippen molar-refractivity contribution in [3.8, 4) is 0 Å². The molecule has 2 aromatic rings. The quantitative estimate of drug-likeness (QED) is 0.732. The lowest BCUT2D eigenvalue weighted by atomic mass is 9.96. The number of piperidine rings is 1. The molecule has 2 aromatic heterocycles. The van der Waals surface area contributed by atoms with Crippen LogP contribution in [-0.2, 0) is 0 Å². The molecule has 1 unspecified atom stereocenters. The number of nitrogens with one attached hydrogen (secondary N) is 2. The Bertz CT molecular complexity index is 550. The predicted octanol–water partition coefficient (Wildman–Crippen LogP) is 0.490. The van der Waals surface area contributed by atoms with Crippen LogP contribution in [0.5, 0.6) is 0 Å². The second-order valence-corrected chi connectivity index (χ2v) is 4.22. The van der Waals surface area contributed by atoms with Crippen LogP contribution in [0.3, 0.4) is 0 Å². The molecule has 0 amide bonds. The Kier molecular flexibility index (Phi) is 2.25. The molecule has 84 valence electrons. The minimum absolute atomic E-state index is 0.0319. The number of rotatable bonds is 1. The number of hydrogen-bond donors (Lipinski definition) is 2. The Morgan fingerprint density at radius 2 is 2.44 bits per heavy atom. The summed E-state index contributed by atoms with van der Waals surface area (Å²) in [6.07, 6.45) is 3.99. The molecule has 0 aromatic carbocycles. The van der Waals surface area contributed by atoms with Gasteiger partial charge in [-0.25, -0.2) is 9.50 Å². The Morgan fingerprint density at radius 3 is 3.25 bits per heavy atom. The largest absolute Gasteiger partial charge is 0.316 e. The van der Waals surface area contributed by atoms with Crippen molar-refractivity contribution in [1.29, 1.82) is 0 Å². The van der Waals surface area contributed by atoms with E-state index in [1.807, 2.05) is 6.07 Å². The molecule has 1 aliphatic rings. The highest BCUT2D eigenvalue weighted by Gasteiger charge is 2.17. The summed E-state index contributed by atoms with van der Waals surface area (Å²) in [5.74, 6) is 0.376. The second kappa shape index (κ2) is 3.75. The molecule has 0 saturated carbocycles. The van der Waals surface area contributed by atoms with Crippen molar-refractivity contribution in [3.63, 3.8) is 0 Å². The molecule has 1 saturated heterocycles. The summed E-state index contributed by atoms with van der Waals surface area (Å²) < 4.78 is 1.46. The molecular weight excluding hydrogens is 204 g/mol. The highest BCUT2D eigenvalue weighted by atomic mass is 16.1. The third-order valence-electron chi connectivity index (χ3n) is 3.12. The zero-order valence-electron chi connectivity index (χ0n) is 8.94. The van der Waals surface area contributed by atoms with Crippen molar-refractivity contribution in [2.45, 2.75) is 18.8 Å². The summed E-state index contributed by atoms with van der Waals surface area (Å²) in [7, 11) is 0. The third kappa shape index (κ3) is 1.53. The lowest BCUT2D eigenvalue weighted by molar-refractivity contribution is 0.454. The number of H-pyrrole nitrogens is 1. The van der Waals surface area contributed by atoms with Crippen LogP contribution in [0.4, 0.5) is 0 Å². The molecule has 1 atom stereocenters. The van der Waals surface area contributed by atoms with Gasteiger partial charge in [-0.2, -0.15) is 0 Å². The van der Waals surface area contributed by atoms with E-state index in [2.05, 4.69) is 15.4 Å². The Balaban J connectivity index is 2.06. The molecule has 5 heteroatoms. The first-order valence-corrected chi connectivity index (χ1v) is 5.62. The highest BCUT2D eigenvalue weighted by molar-refractivity contribution is 5.37. The first-order valence-electron chi connectivity index (χ1n) is 5.62. The molecule has 16 heavy (non-hydrogen) atoms. The fourth-order valence-electron chi connectivity index (χ4n) is 2.26. The van der Waals surface area contributed by atoms with E-state index in [4.69, 9.17) is 0 Å². The van der Waals surface area contributed by atoms with Gasteiger partial charge in [0.1, 0.15) is 0 Å². The SMILES string of the molecule is O=c1cc(C2CCCNC2)nc2cc[nH]n12. The van der Waals surface area contributed by atoms with Crippen LogP contribution >= 0.6 is 0 Å². The van der Waals surface area contributed by atoms with E-state index in [1.165, 1.54) is 4.52 Å². The number of hydrogen-bond acceptors (Lipinski definition) is 3. The third-order valence-corrected chi connectivity index (χ3v) is 3.12. The number of aromatic amines is 1. The van der Waals surface area contributed by atoms with Gasteiger partial charge in [0.15, 0.2) is 5.65 Å². The summed E-state index contributed by atoms with van der Waals surface area (Å²) in [4.78, 5) is 16.3. The maximum absolute atomic E-state index is 11.8. The average Bonchev–Trinajstić information content (AvgIpc) is 2.79. The molecule has 3 heterocycles. The standard InChI is InChI=1S/C11H14N4O/c16-11-6-9(8-2-1-4-12-7-8)14-10-3-5-13-15(10)11/h3,5-6,8,12-13H,1-2,4,7H2. The average molecular weight is 218 g/mol. The van der Waals surface area contributed by atoms with Crippen molar-refractivity contribution in [1.82, 2.24) is 19.9 Å². The molecule has 1 aliphatic heterocycles. The number of nitrogens with zero attached hydrogens (tertiary/aromatic N) is 2. The highest BCUT2D eigenvalue weighted by Crippen LogP contribution is 2.20. The van der Waals surface area contributed by atoms with Crippen LogP contribution < -0.4 is 10.9 Å². The monoisotopic (exact) mass is 218 g/mol. The molecule has 3 rings (SSSR count). The minimum atomic E-state index is -0.0319. The van der Waals surface area contributed by atoms with Gasteiger partial charge in [-0.1, -0.05) is 0 Å². The number of aromatic nitrogens is 3. The summed E-state index contributed by atoms with van der Waals surface area (Å²) in [5, 5.41) is 6.18. The molecule has 0 spiro atoms. The summed E-state index contributed by atoms with van der Waals surface area (Å²) in [6.45, 7) is 1.99. The first-order chi connectivity index (χ1) is 7.84. The summed E-state index contributed by atoms with van der Waals surface area (Å²) in [6, 6.07) is 3.46. The van der Waals surface area contributed by atoms with Crippen LogP contribution in [-0.4, -0.2) is 27.7 Å². The van der Waals surface area contributed by atoms with Gasteiger partial charge in [-0.05, 0) is 19.4 Å². The lowest BCUT2D eigenvalue weighted by Gasteiger charge is -2.21. The van der Waals surface area contributed by atoms with Crippen molar-refractivity contribution in [2.24, 2.45) is 0 Å². The molecular formula is C11H14N4O. The zero-order chi connectivity index (χ0) is 11.0. The van der Waals surface area contributed by atoms with Crippen LogP contribution in [0.2, 0.25) is 0 Å². The van der Waals surface area contributed by atoms with Crippen LogP contribution in [0.15, 0.2) is 23.1 Å². The van der Waals surface area contributed by atoms with Crippen LogP contribution in [0.1, 0.15) is 24.5 Å². The fourth-order valence-corrected chi connectivity index (χ4v) is 2.26. The van der Waals surface area contributed by atoms with E-state index in [0.717, 1.165) is 31.6 Å². The van der Waals surface area contributed by atoms with Crippen LogP contribution in [0.25, 0.3) is 5.65 Å². The van der Waals surface area contributed by atoms with Crippen LogP contribution in [0, 0.1) is 0 Å². The molecule has 1 fully saturated rings. The van der Waals surface area contributed by atoms with Gasteiger partial charge in [-0.3, -0.25) is 9.89 Å². The van der Waals surface area contributed by atoms with Crippen molar-refractivity contribution in [3.05, 3.63) is 34.4 Å². The van der Waals surface area contributed by atoms with Gasteiger partial charge in [0.25, 0.3) is 5.56 Å². The van der Waals surface area contributed by atoms with Gasteiger partial charge in [-0.15, -0.1) is 0 Å². The van der Waals surface area contributed by atoms with Gasteiger partial charge in [0.05, 0.1) is 5.69 Å². The lowest BCUT2D eigenvalue weighted by Crippen LogP contribution is -2.30. The predicted molar refractivity (Wildman–Crippen MR) is 60.7 cm³/mol. The Hall–Kier alpha value is -1.62.